The molecule has 2 rings (SSSR count). The summed E-state index contributed by atoms with van der Waals surface area (Å²) in [5, 5.41) is 27.1. The smallest absolute Gasteiger partial charge is 0.372 e. The Morgan fingerprint density at radius 3 is 2.35 bits per heavy atom. The van der Waals surface area contributed by atoms with Gasteiger partial charge in [0.1, 0.15) is 23.7 Å². The van der Waals surface area contributed by atoms with E-state index in [4.69, 9.17) is 24.4 Å². The van der Waals surface area contributed by atoms with Gasteiger partial charge in [0.15, 0.2) is 0 Å². The van der Waals surface area contributed by atoms with Crippen LogP contribution in [0.1, 0.15) is 46.8 Å². The molecule has 1 heterocycles. The minimum atomic E-state index is -1.64. The third kappa shape index (κ3) is 5.41. The van der Waals surface area contributed by atoms with E-state index in [1.165, 1.54) is 7.11 Å². The minimum absolute atomic E-state index is 0.00225. The summed E-state index contributed by atoms with van der Waals surface area (Å²) in [7, 11) is 1.39. The maximum atomic E-state index is 12.4. The number of allylic oxidation sites excluding steroid dienone is 2. The van der Waals surface area contributed by atoms with Gasteiger partial charge < -0.3 is 29.5 Å². The first-order valence-electron chi connectivity index (χ1n) is 9.19. The molecule has 31 heavy (non-hydrogen) atoms. The summed E-state index contributed by atoms with van der Waals surface area (Å²) >= 11 is 0. The molecule has 0 aromatic heterocycles. The van der Waals surface area contributed by atoms with Crippen molar-refractivity contribution in [3.8, 4) is 11.5 Å². The van der Waals surface area contributed by atoms with Gasteiger partial charge in [-0.25, -0.2) is 14.4 Å². The number of fused-ring (bicyclic) bond motifs is 1. The molecule has 10 nitrogen and oxygen atoms in total. The maximum Gasteiger partial charge on any atom is 0.372 e. The van der Waals surface area contributed by atoms with Crippen LogP contribution in [0.3, 0.4) is 0 Å². The highest BCUT2D eigenvalue weighted by atomic mass is 16.5. The van der Waals surface area contributed by atoms with Gasteiger partial charge in [-0.1, -0.05) is 11.6 Å². The van der Waals surface area contributed by atoms with Crippen molar-refractivity contribution in [1.29, 1.82) is 0 Å². The van der Waals surface area contributed by atoms with Gasteiger partial charge in [-0.05, 0) is 32.3 Å². The lowest BCUT2D eigenvalue weighted by atomic mass is 9.94. The van der Waals surface area contributed by atoms with E-state index in [2.05, 4.69) is 0 Å². The van der Waals surface area contributed by atoms with E-state index in [-0.39, 0.29) is 30.8 Å². The van der Waals surface area contributed by atoms with Crippen molar-refractivity contribution >= 4 is 23.9 Å². The van der Waals surface area contributed by atoms with Crippen molar-refractivity contribution in [2.75, 3.05) is 7.11 Å². The number of rotatable bonds is 10. The Morgan fingerprint density at radius 2 is 1.81 bits per heavy atom. The zero-order valence-corrected chi connectivity index (χ0v) is 17.2. The molecule has 0 unspecified atom stereocenters. The van der Waals surface area contributed by atoms with Gasteiger partial charge in [-0.2, -0.15) is 0 Å². The Kier molecular flexibility index (Phi) is 7.41. The van der Waals surface area contributed by atoms with Crippen molar-refractivity contribution in [3.05, 3.63) is 45.7 Å². The molecule has 0 atom stereocenters. The average Bonchev–Trinajstić information content (AvgIpc) is 3.07. The van der Waals surface area contributed by atoms with Gasteiger partial charge in [0.05, 0.1) is 13.2 Å². The number of hydrogen-bond acceptors (Lipinski definition) is 7. The Hall–Kier alpha value is -3.82. The highest BCUT2D eigenvalue weighted by Gasteiger charge is 2.34. The van der Waals surface area contributed by atoms with Crippen LogP contribution in [0.4, 0.5) is 0 Å². The molecular formula is C21H22O10. The zero-order valence-electron chi connectivity index (χ0n) is 17.2. The highest BCUT2D eigenvalue weighted by Crippen LogP contribution is 2.43. The van der Waals surface area contributed by atoms with Gasteiger partial charge in [0.2, 0.25) is 5.76 Å². The molecule has 0 amide bonds. The molecule has 1 aliphatic rings. The van der Waals surface area contributed by atoms with Crippen molar-refractivity contribution in [2.24, 2.45) is 0 Å². The summed E-state index contributed by atoms with van der Waals surface area (Å²) in [5.41, 5.74) is 2.11. The minimum Gasteiger partial charge on any atom is -0.496 e. The Bertz CT molecular complexity index is 1000. The number of carboxylic acid groups (broad SMARTS) is 3. The maximum absolute atomic E-state index is 12.4. The standard InChI is InChI=1S/C21H22O10/c1-10(5-7-15(22)23)4-6-12-18(29-3)11(2)13-9-30-21(28)17(13)19(12)31-14(20(26)27)8-16(24)25/h4,8H,5-7,9H2,1-3H3,(H,22,23)(H,24,25)(H,26,27)/b10-4+,14-8+. The van der Waals surface area contributed by atoms with Gasteiger partial charge in [0.25, 0.3) is 0 Å². The summed E-state index contributed by atoms with van der Waals surface area (Å²) in [6, 6.07) is 0. The number of ether oxygens (including phenoxy) is 3. The molecule has 0 fully saturated rings. The SMILES string of the molecule is COc1c(C)c2c(c(O/C(=C/C(=O)O)C(=O)O)c1C/C=C(\C)CCC(=O)O)C(=O)OC2. The first-order chi connectivity index (χ1) is 14.6. The predicted octanol–water partition coefficient (Wildman–Crippen LogP) is 2.46. The molecule has 1 aromatic rings. The third-order valence-electron chi connectivity index (χ3n) is 4.69. The van der Waals surface area contributed by atoms with Gasteiger partial charge in [-0.3, -0.25) is 4.79 Å². The van der Waals surface area contributed by atoms with E-state index in [9.17, 15) is 24.3 Å². The van der Waals surface area contributed by atoms with Crippen molar-refractivity contribution in [2.45, 2.75) is 39.7 Å². The molecule has 0 radical (unpaired) electrons. The van der Waals surface area contributed by atoms with Crippen LogP contribution in [-0.2, 0) is 32.1 Å². The molecule has 166 valence electrons. The van der Waals surface area contributed by atoms with Crippen LogP contribution in [0, 0.1) is 6.92 Å². The molecule has 0 bridgehead atoms. The van der Waals surface area contributed by atoms with Crippen LogP contribution in [0.2, 0.25) is 0 Å². The molecule has 1 aromatic carbocycles. The molecule has 0 aliphatic carbocycles. The second-order valence-corrected chi connectivity index (χ2v) is 6.80. The van der Waals surface area contributed by atoms with Gasteiger partial charge in [-0.15, -0.1) is 0 Å². The van der Waals surface area contributed by atoms with Crippen LogP contribution < -0.4 is 9.47 Å². The number of carboxylic acids is 3. The molecular weight excluding hydrogens is 412 g/mol. The largest absolute Gasteiger partial charge is 0.496 e. The number of benzene rings is 1. The van der Waals surface area contributed by atoms with Crippen LogP contribution in [0.25, 0.3) is 0 Å². The van der Waals surface area contributed by atoms with Crippen LogP contribution in [0.5, 0.6) is 11.5 Å². The summed E-state index contributed by atoms with van der Waals surface area (Å²) < 4.78 is 16.0. The molecule has 10 heteroatoms. The van der Waals surface area contributed by atoms with E-state index in [1.54, 1.807) is 19.9 Å². The molecule has 3 N–H and O–H groups in total. The lowest BCUT2D eigenvalue weighted by Gasteiger charge is -2.19. The van der Waals surface area contributed by atoms with Gasteiger partial charge in [0, 0.05) is 17.5 Å². The number of cyclic esters (lactones) is 1. The van der Waals surface area contributed by atoms with Crippen LogP contribution >= 0.6 is 0 Å². The summed E-state index contributed by atoms with van der Waals surface area (Å²) in [6.07, 6.45) is 2.42. The lowest BCUT2D eigenvalue weighted by molar-refractivity contribution is -0.137. The monoisotopic (exact) mass is 434 g/mol. The average molecular weight is 434 g/mol. The van der Waals surface area contributed by atoms with Crippen molar-refractivity contribution < 1.29 is 48.7 Å². The van der Waals surface area contributed by atoms with Crippen LogP contribution in [-0.4, -0.2) is 46.3 Å². The number of carbonyl (C=O) groups excluding carboxylic acids is 1. The van der Waals surface area contributed by atoms with Crippen molar-refractivity contribution in [3.63, 3.8) is 0 Å². The Balaban J connectivity index is 2.65. The Morgan fingerprint density at radius 1 is 1.13 bits per heavy atom. The molecule has 0 saturated carbocycles. The first kappa shape index (κ1) is 23.5. The van der Waals surface area contributed by atoms with E-state index in [1.807, 2.05) is 0 Å². The fraction of sp³-hybridized carbons (Fsp3) is 0.333. The lowest BCUT2D eigenvalue weighted by Crippen LogP contribution is -2.14. The number of methoxy groups -OCH3 is 1. The second kappa shape index (κ2) is 9.79. The number of carbonyl (C=O) groups is 4. The van der Waals surface area contributed by atoms with E-state index in [0.717, 1.165) is 5.57 Å². The number of esters is 1. The second-order valence-electron chi connectivity index (χ2n) is 6.80. The van der Waals surface area contributed by atoms with Crippen LogP contribution in [0.15, 0.2) is 23.5 Å². The van der Waals surface area contributed by atoms with Crippen molar-refractivity contribution in [1.82, 2.24) is 0 Å². The van der Waals surface area contributed by atoms with E-state index < -0.39 is 29.6 Å². The number of aliphatic carboxylic acids is 3. The fourth-order valence-electron chi connectivity index (χ4n) is 3.16. The quantitative estimate of drug-likeness (QED) is 0.216. The molecule has 0 saturated heterocycles. The van der Waals surface area contributed by atoms with Gasteiger partial charge >= 0.3 is 23.9 Å². The predicted molar refractivity (Wildman–Crippen MR) is 105 cm³/mol. The van der Waals surface area contributed by atoms with E-state index in [0.29, 0.717) is 34.9 Å². The topological polar surface area (TPSA) is 157 Å². The third-order valence-corrected chi connectivity index (χ3v) is 4.69. The summed E-state index contributed by atoms with van der Waals surface area (Å²) in [4.78, 5) is 45.7. The molecule has 1 aliphatic heterocycles. The molecule has 0 spiro atoms. The zero-order chi connectivity index (χ0) is 23.3. The summed E-state index contributed by atoms with van der Waals surface area (Å²) in [5.74, 6) is -5.60. The fourth-order valence-corrected chi connectivity index (χ4v) is 3.16. The Labute approximate surface area is 177 Å². The summed E-state index contributed by atoms with van der Waals surface area (Å²) in [6.45, 7) is 3.38. The van der Waals surface area contributed by atoms with E-state index >= 15 is 0 Å². The first-order valence-corrected chi connectivity index (χ1v) is 9.19. The highest BCUT2D eigenvalue weighted by molar-refractivity contribution is 5.99. The normalized spacial score (nSPS) is 13.5. The number of hydrogen-bond donors (Lipinski definition) is 3.